The Bertz CT molecular complexity index is 575. The Kier molecular flexibility index (Phi) is 6.15. The number of carbonyl (C=O) groups excluding carboxylic acids is 1. The minimum Gasteiger partial charge on any atom is -0.414 e. The van der Waals surface area contributed by atoms with Crippen LogP contribution in [-0.4, -0.2) is 33.1 Å². The summed E-state index contributed by atoms with van der Waals surface area (Å²) in [5.41, 5.74) is 1.07. The maximum Gasteiger partial charge on any atom is 0.192 e. The van der Waals surface area contributed by atoms with Crippen LogP contribution in [0.1, 0.15) is 26.3 Å². The third-order valence-corrected chi connectivity index (χ3v) is 9.19. The van der Waals surface area contributed by atoms with Crippen molar-refractivity contribution in [2.24, 2.45) is 0 Å². The Labute approximate surface area is 145 Å². The summed E-state index contributed by atoms with van der Waals surface area (Å²) in [6, 6.07) is 9.89. The van der Waals surface area contributed by atoms with Crippen molar-refractivity contribution < 1.29 is 18.7 Å². The van der Waals surface area contributed by atoms with E-state index >= 15 is 0 Å². The van der Waals surface area contributed by atoms with Crippen LogP contribution in [0.4, 0.5) is 0 Å². The maximum absolute atomic E-state index is 12.0. The smallest absolute Gasteiger partial charge is 0.192 e. The Morgan fingerprint density at radius 3 is 2.46 bits per heavy atom. The fourth-order valence-electron chi connectivity index (χ4n) is 2.02. The molecular weight excluding hydrogens is 320 g/mol. The highest BCUT2D eigenvalue weighted by molar-refractivity contribution is 6.74. The van der Waals surface area contributed by atoms with Gasteiger partial charge in [0.1, 0.15) is 6.10 Å². The second-order valence-corrected chi connectivity index (χ2v) is 12.4. The predicted octanol–water partition coefficient (Wildman–Crippen LogP) is 4.08. The molecule has 0 N–H and O–H groups in total. The molecule has 0 amide bonds. The number of ketones is 1. The predicted molar refractivity (Wildman–Crippen MR) is 97.2 cm³/mol. The van der Waals surface area contributed by atoms with Crippen molar-refractivity contribution in [1.82, 2.24) is 0 Å². The molecule has 24 heavy (non-hydrogen) atoms. The van der Waals surface area contributed by atoms with Gasteiger partial charge in [0.05, 0.1) is 13.2 Å². The molecule has 0 fully saturated rings. The first-order valence-electron chi connectivity index (χ1n) is 8.36. The van der Waals surface area contributed by atoms with E-state index in [-0.39, 0.29) is 17.4 Å². The van der Waals surface area contributed by atoms with Gasteiger partial charge < -0.3 is 13.9 Å². The molecule has 0 unspecified atom stereocenters. The third kappa shape index (κ3) is 5.11. The largest absolute Gasteiger partial charge is 0.414 e. The van der Waals surface area contributed by atoms with Gasteiger partial charge in [0.2, 0.25) is 0 Å². The minimum atomic E-state index is -1.91. The molecule has 2 rings (SSSR count). The molecule has 4 nitrogen and oxygen atoms in total. The van der Waals surface area contributed by atoms with Gasteiger partial charge >= 0.3 is 0 Å². The van der Waals surface area contributed by atoms with Gasteiger partial charge in [-0.2, -0.15) is 0 Å². The molecule has 1 aliphatic heterocycles. The summed E-state index contributed by atoms with van der Waals surface area (Å²) in [4.78, 5) is 12.0. The topological polar surface area (TPSA) is 44.8 Å². The van der Waals surface area contributed by atoms with E-state index in [9.17, 15) is 4.79 Å². The summed E-state index contributed by atoms with van der Waals surface area (Å²) in [7, 11) is -1.91. The van der Waals surface area contributed by atoms with Gasteiger partial charge in [0, 0.05) is 0 Å². The van der Waals surface area contributed by atoms with Crippen LogP contribution in [0.5, 0.6) is 0 Å². The molecule has 1 aliphatic rings. The van der Waals surface area contributed by atoms with Crippen LogP contribution >= 0.6 is 0 Å². The van der Waals surface area contributed by atoms with Crippen LogP contribution < -0.4 is 0 Å². The highest BCUT2D eigenvalue weighted by Gasteiger charge is 2.38. The maximum atomic E-state index is 12.0. The van der Waals surface area contributed by atoms with E-state index in [1.165, 1.54) is 0 Å². The van der Waals surface area contributed by atoms with Crippen molar-refractivity contribution in [3.8, 4) is 0 Å². The van der Waals surface area contributed by atoms with Gasteiger partial charge in [-0.3, -0.25) is 4.79 Å². The molecule has 0 aromatic heterocycles. The summed E-state index contributed by atoms with van der Waals surface area (Å²) < 4.78 is 17.6. The zero-order valence-corrected chi connectivity index (χ0v) is 16.2. The summed E-state index contributed by atoms with van der Waals surface area (Å²) in [5.74, 6) is -0.0618. The lowest BCUT2D eigenvalue weighted by molar-refractivity contribution is -0.171. The van der Waals surface area contributed by atoms with Crippen molar-refractivity contribution in [2.45, 2.75) is 57.9 Å². The number of hydrogen-bond donors (Lipinski definition) is 0. The lowest BCUT2D eigenvalue weighted by Crippen LogP contribution is -2.45. The molecule has 1 aromatic carbocycles. The second kappa shape index (κ2) is 7.74. The molecular formula is C19H28O4Si. The van der Waals surface area contributed by atoms with E-state index < -0.39 is 20.7 Å². The van der Waals surface area contributed by atoms with Crippen molar-refractivity contribution in [1.29, 1.82) is 0 Å². The van der Waals surface area contributed by atoms with Crippen molar-refractivity contribution in [2.75, 3.05) is 6.61 Å². The average molecular weight is 349 g/mol. The van der Waals surface area contributed by atoms with Gasteiger partial charge in [-0.25, -0.2) is 0 Å². The van der Waals surface area contributed by atoms with Crippen molar-refractivity contribution in [3.05, 3.63) is 48.0 Å². The molecule has 0 spiro atoms. The van der Waals surface area contributed by atoms with Gasteiger partial charge in [0.15, 0.2) is 20.4 Å². The van der Waals surface area contributed by atoms with E-state index in [1.807, 2.05) is 30.3 Å². The van der Waals surface area contributed by atoms with E-state index in [0.717, 1.165) is 5.56 Å². The summed E-state index contributed by atoms with van der Waals surface area (Å²) in [6.07, 6.45) is 2.09. The van der Waals surface area contributed by atoms with Gasteiger partial charge in [-0.05, 0) is 35.8 Å². The zero-order chi connectivity index (χ0) is 17.8. The van der Waals surface area contributed by atoms with Crippen LogP contribution in [0, 0.1) is 0 Å². The monoisotopic (exact) mass is 348 g/mol. The average Bonchev–Trinajstić information content (AvgIpc) is 2.53. The first kappa shape index (κ1) is 19.1. The number of carbonyl (C=O) groups is 1. The van der Waals surface area contributed by atoms with Crippen LogP contribution in [0.25, 0.3) is 0 Å². The molecule has 5 heteroatoms. The number of rotatable bonds is 6. The van der Waals surface area contributed by atoms with E-state index in [4.69, 9.17) is 13.9 Å². The molecule has 2 atom stereocenters. The Hall–Kier alpha value is -1.27. The van der Waals surface area contributed by atoms with E-state index in [2.05, 4.69) is 33.9 Å². The quantitative estimate of drug-likeness (QED) is 0.727. The number of hydrogen-bond acceptors (Lipinski definition) is 4. The summed E-state index contributed by atoms with van der Waals surface area (Å²) in [5, 5.41) is 0.101. The SMILES string of the molecule is CC(C)(C)[Si](C)(C)OC[C@@H]1O[C@@H](OCc2ccccc2)C=CC1=O. The van der Waals surface area contributed by atoms with Crippen molar-refractivity contribution in [3.63, 3.8) is 0 Å². The fraction of sp³-hybridized carbons (Fsp3) is 0.526. The lowest BCUT2D eigenvalue weighted by atomic mass is 10.2. The number of benzene rings is 1. The third-order valence-electron chi connectivity index (χ3n) is 4.69. The molecule has 0 aliphatic carbocycles. The molecule has 1 aromatic rings. The highest BCUT2D eigenvalue weighted by atomic mass is 28.4. The molecule has 0 saturated heterocycles. The first-order chi connectivity index (χ1) is 11.2. The molecule has 0 saturated carbocycles. The van der Waals surface area contributed by atoms with Gasteiger partial charge in [-0.15, -0.1) is 0 Å². The fourth-order valence-corrected chi connectivity index (χ4v) is 3.03. The van der Waals surface area contributed by atoms with Gasteiger partial charge in [-0.1, -0.05) is 51.1 Å². The van der Waals surface area contributed by atoms with Crippen LogP contribution in [0.3, 0.4) is 0 Å². The first-order valence-corrected chi connectivity index (χ1v) is 11.3. The highest BCUT2D eigenvalue weighted by Crippen LogP contribution is 2.36. The zero-order valence-electron chi connectivity index (χ0n) is 15.2. The van der Waals surface area contributed by atoms with Crippen LogP contribution in [0.15, 0.2) is 42.5 Å². The molecule has 1 heterocycles. The van der Waals surface area contributed by atoms with Crippen molar-refractivity contribution >= 4 is 14.1 Å². The van der Waals surface area contributed by atoms with Crippen LogP contribution in [-0.2, 0) is 25.3 Å². The Morgan fingerprint density at radius 2 is 1.83 bits per heavy atom. The summed E-state index contributed by atoms with van der Waals surface area (Å²) in [6.45, 7) is 11.6. The normalized spacial score (nSPS) is 22.0. The van der Waals surface area contributed by atoms with E-state index in [1.54, 1.807) is 12.2 Å². The number of ether oxygens (including phenoxy) is 2. The lowest BCUT2D eigenvalue weighted by Gasteiger charge is -2.37. The van der Waals surface area contributed by atoms with Crippen LogP contribution in [0.2, 0.25) is 18.1 Å². The minimum absolute atomic E-state index is 0.0618. The molecule has 0 radical (unpaired) electrons. The summed E-state index contributed by atoms with van der Waals surface area (Å²) >= 11 is 0. The van der Waals surface area contributed by atoms with E-state index in [0.29, 0.717) is 6.61 Å². The van der Waals surface area contributed by atoms with Gasteiger partial charge in [0.25, 0.3) is 0 Å². The Morgan fingerprint density at radius 1 is 1.17 bits per heavy atom. The molecule has 132 valence electrons. The Balaban J connectivity index is 1.88. The standard InChI is InChI=1S/C19H28O4Si/c1-19(2,3)24(4,5)22-14-17-16(20)11-12-18(23-17)21-13-15-9-7-6-8-10-15/h6-12,17-18H,13-14H2,1-5H3/t17-,18+/m0/s1. The second-order valence-electron chi connectivity index (χ2n) is 7.62. The molecule has 0 bridgehead atoms.